The maximum atomic E-state index is 11.8. The number of fused-ring (bicyclic) bond motifs is 1. The Bertz CT molecular complexity index is 636. The second-order valence-electron chi connectivity index (χ2n) is 4.18. The van der Waals surface area contributed by atoms with E-state index in [9.17, 15) is 9.59 Å². The molecule has 2 amide bonds. The average molecular weight is 277 g/mol. The highest BCUT2D eigenvalue weighted by Gasteiger charge is 2.11. The lowest BCUT2D eigenvalue weighted by molar-refractivity contribution is -0.122. The maximum Gasteiger partial charge on any atom is 0.287 e. The molecule has 0 bridgehead atoms. The van der Waals surface area contributed by atoms with Crippen LogP contribution in [0.2, 0.25) is 0 Å². The van der Waals surface area contributed by atoms with Crippen molar-refractivity contribution in [3.8, 4) is 0 Å². The minimum absolute atomic E-state index is 0.167. The molecule has 0 radical (unpaired) electrons. The summed E-state index contributed by atoms with van der Waals surface area (Å²) in [6.07, 6.45) is 0. The Morgan fingerprint density at radius 2 is 2.10 bits per heavy atom. The van der Waals surface area contributed by atoms with Crippen LogP contribution < -0.4 is 16.8 Å². The number of ether oxygens (including phenoxy) is 1. The molecule has 1 aromatic carbocycles. The molecule has 0 aliphatic carbocycles. The number of hydrogen-bond donors (Lipinski definition) is 3. The molecule has 0 atom stereocenters. The highest BCUT2D eigenvalue weighted by atomic mass is 16.5. The van der Waals surface area contributed by atoms with Gasteiger partial charge in [0, 0.05) is 17.6 Å². The lowest BCUT2D eigenvalue weighted by atomic mass is 10.2. The number of nitrogens with two attached hydrogens (primary N) is 2. The van der Waals surface area contributed by atoms with E-state index in [-0.39, 0.29) is 31.4 Å². The number of amides is 2. The van der Waals surface area contributed by atoms with Crippen molar-refractivity contribution in [3.05, 3.63) is 30.0 Å². The number of primary amides is 1. The number of carbonyl (C=O) groups is 2. The number of benzene rings is 1. The van der Waals surface area contributed by atoms with Gasteiger partial charge in [-0.2, -0.15) is 0 Å². The molecular formula is C13H15N3O4. The molecule has 1 heterocycles. The number of anilines is 1. The van der Waals surface area contributed by atoms with Crippen LogP contribution in [0.5, 0.6) is 0 Å². The van der Waals surface area contributed by atoms with Gasteiger partial charge in [-0.05, 0) is 24.3 Å². The summed E-state index contributed by atoms with van der Waals surface area (Å²) in [5.74, 6) is -0.714. The fourth-order valence-electron chi connectivity index (χ4n) is 1.67. The monoisotopic (exact) mass is 277 g/mol. The van der Waals surface area contributed by atoms with Gasteiger partial charge in [-0.15, -0.1) is 0 Å². The summed E-state index contributed by atoms with van der Waals surface area (Å²) in [4.78, 5) is 22.2. The molecule has 0 aliphatic rings. The Balaban J connectivity index is 1.89. The first-order chi connectivity index (χ1) is 9.56. The van der Waals surface area contributed by atoms with Crippen molar-refractivity contribution in [3.63, 3.8) is 0 Å². The van der Waals surface area contributed by atoms with Crippen molar-refractivity contribution in [2.75, 3.05) is 25.5 Å². The number of nitrogen functional groups attached to an aromatic ring is 1. The molecule has 7 heteroatoms. The van der Waals surface area contributed by atoms with Crippen LogP contribution in [-0.4, -0.2) is 31.6 Å². The molecule has 0 spiro atoms. The van der Waals surface area contributed by atoms with Gasteiger partial charge in [0.15, 0.2) is 5.76 Å². The first kappa shape index (κ1) is 13.9. The zero-order valence-corrected chi connectivity index (χ0v) is 10.7. The van der Waals surface area contributed by atoms with E-state index in [0.717, 1.165) is 5.39 Å². The van der Waals surface area contributed by atoms with Gasteiger partial charge in [0.05, 0.1) is 6.61 Å². The Kier molecular flexibility index (Phi) is 4.21. The molecule has 0 aliphatic heterocycles. The highest BCUT2D eigenvalue weighted by molar-refractivity contribution is 5.96. The van der Waals surface area contributed by atoms with Crippen LogP contribution in [0.4, 0.5) is 5.69 Å². The molecule has 1 aromatic heterocycles. The average Bonchev–Trinajstić information content (AvgIpc) is 2.80. The summed E-state index contributed by atoms with van der Waals surface area (Å²) in [5.41, 5.74) is 11.7. The second kappa shape index (κ2) is 6.07. The Morgan fingerprint density at radius 1 is 1.30 bits per heavy atom. The lowest BCUT2D eigenvalue weighted by Crippen LogP contribution is -2.28. The quantitative estimate of drug-likeness (QED) is 0.516. The first-order valence-corrected chi connectivity index (χ1v) is 5.99. The predicted molar refractivity (Wildman–Crippen MR) is 73.0 cm³/mol. The van der Waals surface area contributed by atoms with Gasteiger partial charge >= 0.3 is 0 Å². The van der Waals surface area contributed by atoms with Crippen LogP contribution >= 0.6 is 0 Å². The van der Waals surface area contributed by atoms with Crippen molar-refractivity contribution in [1.82, 2.24) is 5.32 Å². The zero-order chi connectivity index (χ0) is 14.5. The highest BCUT2D eigenvalue weighted by Crippen LogP contribution is 2.21. The molecule has 7 nitrogen and oxygen atoms in total. The van der Waals surface area contributed by atoms with E-state index >= 15 is 0 Å². The van der Waals surface area contributed by atoms with Crippen molar-refractivity contribution in [1.29, 1.82) is 0 Å². The minimum atomic E-state index is -0.550. The molecule has 0 fully saturated rings. The predicted octanol–water partition coefficient (Wildman–Crippen LogP) is 0.247. The van der Waals surface area contributed by atoms with Gasteiger partial charge in [0.2, 0.25) is 5.91 Å². The fraction of sp³-hybridized carbons (Fsp3) is 0.231. The molecular weight excluding hydrogens is 262 g/mol. The molecule has 20 heavy (non-hydrogen) atoms. The molecule has 0 saturated carbocycles. The van der Waals surface area contributed by atoms with E-state index in [2.05, 4.69) is 5.32 Å². The Labute approximate surface area is 114 Å². The number of furan rings is 1. The molecule has 2 rings (SSSR count). The lowest BCUT2D eigenvalue weighted by Gasteiger charge is -2.03. The summed E-state index contributed by atoms with van der Waals surface area (Å²) in [5, 5.41) is 3.37. The number of nitrogens with one attached hydrogen (secondary N) is 1. The number of carbonyl (C=O) groups excluding carboxylic acids is 2. The van der Waals surface area contributed by atoms with Gasteiger partial charge in [-0.25, -0.2) is 0 Å². The van der Waals surface area contributed by atoms with Crippen LogP contribution in [0.15, 0.2) is 28.7 Å². The number of hydrogen-bond acceptors (Lipinski definition) is 5. The van der Waals surface area contributed by atoms with Gasteiger partial charge in [0.1, 0.15) is 12.2 Å². The molecule has 106 valence electrons. The normalized spacial score (nSPS) is 10.6. The van der Waals surface area contributed by atoms with Gasteiger partial charge in [-0.3, -0.25) is 9.59 Å². The van der Waals surface area contributed by atoms with Gasteiger partial charge < -0.3 is 25.9 Å². The third-order valence-electron chi connectivity index (χ3n) is 2.54. The molecule has 5 N–H and O–H groups in total. The summed E-state index contributed by atoms with van der Waals surface area (Å²) < 4.78 is 10.3. The summed E-state index contributed by atoms with van der Waals surface area (Å²) >= 11 is 0. The fourth-order valence-corrected chi connectivity index (χ4v) is 1.67. The first-order valence-electron chi connectivity index (χ1n) is 5.99. The van der Waals surface area contributed by atoms with Crippen LogP contribution in [-0.2, 0) is 9.53 Å². The standard InChI is InChI=1S/C13H15N3O4/c14-9-1-2-10-8(5-9)6-11(20-10)13(18)16-3-4-19-7-12(15)17/h1-2,5-6H,3-4,7,14H2,(H2,15,17)(H,16,18). The van der Waals surface area contributed by atoms with Crippen molar-refractivity contribution >= 4 is 28.5 Å². The van der Waals surface area contributed by atoms with E-state index in [1.54, 1.807) is 24.3 Å². The smallest absolute Gasteiger partial charge is 0.287 e. The Hall–Kier alpha value is -2.54. The number of rotatable bonds is 6. The van der Waals surface area contributed by atoms with Gasteiger partial charge in [0.25, 0.3) is 5.91 Å². The van der Waals surface area contributed by atoms with E-state index in [0.29, 0.717) is 11.3 Å². The minimum Gasteiger partial charge on any atom is -0.451 e. The van der Waals surface area contributed by atoms with Crippen LogP contribution in [0, 0.1) is 0 Å². The van der Waals surface area contributed by atoms with E-state index < -0.39 is 5.91 Å². The van der Waals surface area contributed by atoms with Crippen molar-refractivity contribution in [2.24, 2.45) is 5.73 Å². The zero-order valence-electron chi connectivity index (χ0n) is 10.7. The van der Waals surface area contributed by atoms with Crippen LogP contribution in [0.3, 0.4) is 0 Å². The maximum absolute atomic E-state index is 11.8. The molecule has 0 unspecified atom stereocenters. The molecule has 2 aromatic rings. The van der Waals surface area contributed by atoms with Gasteiger partial charge in [-0.1, -0.05) is 0 Å². The summed E-state index contributed by atoms with van der Waals surface area (Å²) in [6, 6.07) is 6.75. The SMILES string of the molecule is NC(=O)COCCNC(=O)c1cc2cc(N)ccc2o1. The second-order valence-corrected chi connectivity index (χ2v) is 4.18. The van der Waals surface area contributed by atoms with E-state index in [1.807, 2.05) is 0 Å². The third-order valence-corrected chi connectivity index (χ3v) is 2.54. The topological polar surface area (TPSA) is 121 Å². The molecule has 0 saturated heterocycles. The van der Waals surface area contributed by atoms with E-state index in [1.165, 1.54) is 0 Å². The summed E-state index contributed by atoms with van der Waals surface area (Å²) in [6.45, 7) is 0.285. The third kappa shape index (κ3) is 3.48. The van der Waals surface area contributed by atoms with Crippen LogP contribution in [0.1, 0.15) is 10.6 Å². The van der Waals surface area contributed by atoms with Crippen LogP contribution in [0.25, 0.3) is 11.0 Å². The Morgan fingerprint density at radius 3 is 2.85 bits per heavy atom. The summed E-state index contributed by atoms with van der Waals surface area (Å²) in [7, 11) is 0. The van der Waals surface area contributed by atoms with E-state index in [4.69, 9.17) is 20.6 Å². The van der Waals surface area contributed by atoms with Crippen molar-refractivity contribution < 1.29 is 18.7 Å². The largest absolute Gasteiger partial charge is 0.451 e. The van der Waals surface area contributed by atoms with Crippen molar-refractivity contribution in [2.45, 2.75) is 0 Å².